The van der Waals surface area contributed by atoms with Crippen molar-refractivity contribution in [2.45, 2.75) is 12.6 Å². The van der Waals surface area contributed by atoms with Gasteiger partial charge >= 0.3 is 0 Å². The predicted octanol–water partition coefficient (Wildman–Crippen LogP) is 3.61. The summed E-state index contributed by atoms with van der Waals surface area (Å²) in [6, 6.07) is 19.8. The summed E-state index contributed by atoms with van der Waals surface area (Å²) in [5.74, 6) is 0.0836. The van der Waals surface area contributed by atoms with Crippen LogP contribution in [0.15, 0.2) is 72.9 Å². The summed E-state index contributed by atoms with van der Waals surface area (Å²) in [6.07, 6.45) is 1.75. The molecule has 2 aromatic carbocycles. The molecule has 0 spiro atoms. The van der Waals surface area contributed by atoms with E-state index in [1.54, 1.807) is 30.5 Å². The predicted molar refractivity (Wildman–Crippen MR) is 124 cm³/mol. The molecule has 1 N–H and O–H groups in total. The van der Waals surface area contributed by atoms with Crippen LogP contribution in [-0.4, -0.2) is 57.0 Å². The molecule has 1 aliphatic heterocycles. The summed E-state index contributed by atoms with van der Waals surface area (Å²) in [5, 5.41) is 11.5. The second-order valence-electron chi connectivity index (χ2n) is 8.39. The average Bonchev–Trinajstić information content (AvgIpc) is 3.24. The first-order valence-corrected chi connectivity index (χ1v) is 10.9. The van der Waals surface area contributed by atoms with E-state index < -0.39 is 5.82 Å². The van der Waals surface area contributed by atoms with E-state index in [2.05, 4.69) is 56.6 Å². The number of anilines is 1. The molecular formula is C25H25FN6O. The molecule has 0 saturated carbocycles. The molecule has 0 bridgehead atoms. The lowest BCUT2D eigenvalue weighted by Gasteiger charge is -2.38. The average molecular weight is 445 g/mol. The van der Waals surface area contributed by atoms with E-state index in [9.17, 15) is 9.18 Å². The molecular weight excluding hydrogens is 419 g/mol. The molecule has 1 atom stereocenters. The van der Waals surface area contributed by atoms with Crippen molar-refractivity contribution in [3.63, 3.8) is 0 Å². The molecule has 1 amide bonds. The number of pyridine rings is 1. The minimum atomic E-state index is -0.398. The molecule has 3 heterocycles. The van der Waals surface area contributed by atoms with Gasteiger partial charge in [0.05, 0.1) is 11.6 Å². The van der Waals surface area contributed by atoms with Crippen molar-refractivity contribution in [1.29, 1.82) is 0 Å². The third-order valence-corrected chi connectivity index (χ3v) is 6.05. The topological polar surface area (TPSA) is 65.8 Å². The Morgan fingerprint density at radius 3 is 2.73 bits per heavy atom. The van der Waals surface area contributed by atoms with Crippen LogP contribution in [0.3, 0.4) is 0 Å². The smallest absolute Gasteiger partial charge is 0.257 e. The van der Waals surface area contributed by atoms with Crippen molar-refractivity contribution in [3.8, 4) is 0 Å². The van der Waals surface area contributed by atoms with Crippen molar-refractivity contribution >= 4 is 17.2 Å². The van der Waals surface area contributed by atoms with Crippen LogP contribution in [0.5, 0.6) is 0 Å². The third kappa shape index (κ3) is 4.62. The molecule has 1 fully saturated rings. The quantitative estimate of drug-likeness (QED) is 0.510. The van der Waals surface area contributed by atoms with Gasteiger partial charge in [-0.3, -0.25) is 19.0 Å². The highest BCUT2D eigenvalue weighted by atomic mass is 19.1. The molecule has 0 radical (unpaired) electrons. The number of carbonyl (C=O) groups is 1. The third-order valence-electron chi connectivity index (χ3n) is 6.05. The maximum atomic E-state index is 13.5. The minimum absolute atomic E-state index is 0.0407. The number of piperazine rings is 1. The van der Waals surface area contributed by atoms with Gasteiger partial charge in [-0.15, -0.1) is 10.2 Å². The maximum Gasteiger partial charge on any atom is 0.257 e. The molecule has 168 valence electrons. The standard InChI is InChI=1S/C25H25FN6O/c1-30-12-13-31(15-18-6-3-2-4-7-18)17-22(30)24-29-28-23-11-10-19(16-32(23)24)25(33)27-21-9-5-8-20(26)14-21/h2-11,14,16,22H,12-13,15,17H2,1H3,(H,27,33)/t22-/m0/s1. The lowest BCUT2D eigenvalue weighted by Crippen LogP contribution is -2.46. The van der Waals surface area contributed by atoms with Gasteiger partial charge in [0.25, 0.3) is 5.91 Å². The van der Waals surface area contributed by atoms with E-state index in [0.717, 1.165) is 32.0 Å². The molecule has 0 unspecified atom stereocenters. The summed E-state index contributed by atoms with van der Waals surface area (Å²) in [6.45, 7) is 3.57. The number of halogens is 1. The highest BCUT2D eigenvalue weighted by Crippen LogP contribution is 2.25. The van der Waals surface area contributed by atoms with E-state index in [4.69, 9.17) is 0 Å². The van der Waals surface area contributed by atoms with Crippen LogP contribution in [0.1, 0.15) is 27.8 Å². The number of nitrogens with one attached hydrogen (secondary N) is 1. The fraction of sp³-hybridized carbons (Fsp3) is 0.240. The fourth-order valence-electron chi connectivity index (χ4n) is 4.23. The summed E-state index contributed by atoms with van der Waals surface area (Å²) in [7, 11) is 2.09. The highest BCUT2D eigenvalue weighted by Gasteiger charge is 2.29. The van der Waals surface area contributed by atoms with Crippen molar-refractivity contribution < 1.29 is 9.18 Å². The Morgan fingerprint density at radius 1 is 1.06 bits per heavy atom. The SMILES string of the molecule is CN1CCN(Cc2ccccc2)C[C@H]1c1nnc2ccc(C(=O)Nc3cccc(F)c3)cn12. The van der Waals surface area contributed by atoms with Crippen molar-refractivity contribution in [1.82, 2.24) is 24.4 Å². The molecule has 1 saturated heterocycles. The zero-order chi connectivity index (χ0) is 22.8. The van der Waals surface area contributed by atoms with Crippen molar-refractivity contribution in [2.75, 3.05) is 32.0 Å². The first-order valence-electron chi connectivity index (χ1n) is 10.9. The summed E-state index contributed by atoms with van der Waals surface area (Å²) in [4.78, 5) is 17.5. The zero-order valence-electron chi connectivity index (χ0n) is 18.4. The number of rotatable bonds is 5. The number of likely N-dealkylation sites (N-methyl/N-ethyl adjacent to an activating group) is 1. The molecule has 33 heavy (non-hydrogen) atoms. The van der Waals surface area contributed by atoms with Crippen molar-refractivity contribution in [3.05, 3.63) is 95.7 Å². The van der Waals surface area contributed by atoms with Crippen LogP contribution >= 0.6 is 0 Å². The number of amides is 1. The molecule has 1 aliphatic rings. The molecule has 8 heteroatoms. The molecule has 2 aromatic heterocycles. The van der Waals surface area contributed by atoms with Gasteiger partial charge in [0.2, 0.25) is 0 Å². The second-order valence-corrected chi connectivity index (χ2v) is 8.39. The molecule has 0 aliphatic carbocycles. The minimum Gasteiger partial charge on any atom is -0.322 e. The van der Waals surface area contributed by atoms with E-state index in [1.165, 1.54) is 17.7 Å². The number of nitrogens with zero attached hydrogens (tertiary/aromatic N) is 5. The Morgan fingerprint density at radius 2 is 1.91 bits per heavy atom. The summed E-state index contributed by atoms with van der Waals surface area (Å²) < 4.78 is 15.4. The second kappa shape index (κ2) is 9.09. The lowest BCUT2D eigenvalue weighted by atomic mass is 10.1. The number of hydrogen-bond acceptors (Lipinski definition) is 5. The zero-order valence-corrected chi connectivity index (χ0v) is 18.4. The number of fused-ring (bicyclic) bond motifs is 1. The van der Waals surface area contributed by atoms with E-state index in [0.29, 0.717) is 16.9 Å². The van der Waals surface area contributed by atoms with Gasteiger partial charge < -0.3 is 5.32 Å². The van der Waals surface area contributed by atoms with Crippen LogP contribution in [-0.2, 0) is 6.54 Å². The largest absolute Gasteiger partial charge is 0.322 e. The van der Waals surface area contributed by atoms with Gasteiger partial charge in [-0.1, -0.05) is 36.4 Å². The Hall–Kier alpha value is -3.62. The van der Waals surface area contributed by atoms with Crippen LogP contribution < -0.4 is 5.32 Å². The van der Waals surface area contributed by atoms with Crippen LogP contribution in [0.2, 0.25) is 0 Å². The van der Waals surface area contributed by atoms with Gasteiger partial charge in [-0.05, 0) is 42.9 Å². The molecule has 5 rings (SSSR count). The van der Waals surface area contributed by atoms with Crippen LogP contribution in [0.4, 0.5) is 10.1 Å². The van der Waals surface area contributed by atoms with Crippen molar-refractivity contribution in [2.24, 2.45) is 0 Å². The van der Waals surface area contributed by atoms with Gasteiger partial charge in [-0.2, -0.15) is 0 Å². The van der Waals surface area contributed by atoms with Crippen LogP contribution in [0.25, 0.3) is 5.65 Å². The number of aromatic nitrogens is 3. The first-order chi connectivity index (χ1) is 16.1. The van der Waals surface area contributed by atoms with Gasteiger partial charge in [0, 0.05) is 38.1 Å². The Kier molecular flexibility index (Phi) is 5.85. The number of carbonyl (C=O) groups excluding carboxylic acids is 1. The molecule has 7 nitrogen and oxygen atoms in total. The maximum absolute atomic E-state index is 13.5. The summed E-state index contributed by atoms with van der Waals surface area (Å²) in [5.41, 5.74) is 2.82. The molecule has 4 aromatic rings. The van der Waals surface area contributed by atoms with E-state index in [1.807, 2.05) is 10.5 Å². The lowest BCUT2D eigenvalue weighted by molar-refractivity contribution is 0.0852. The Labute approximate surface area is 191 Å². The van der Waals surface area contributed by atoms with E-state index in [-0.39, 0.29) is 11.9 Å². The number of benzene rings is 2. The van der Waals surface area contributed by atoms with E-state index >= 15 is 0 Å². The van der Waals surface area contributed by atoms with Gasteiger partial charge in [0.15, 0.2) is 11.5 Å². The summed E-state index contributed by atoms with van der Waals surface area (Å²) >= 11 is 0. The van der Waals surface area contributed by atoms with Crippen LogP contribution in [0, 0.1) is 5.82 Å². The number of hydrogen-bond donors (Lipinski definition) is 1. The first kappa shape index (κ1) is 21.2. The fourth-order valence-corrected chi connectivity index (χ4v) is 4.23. The normalized spacial score (nSPS) is 17.3. The highest BCUT2D eigenvalue weighted by molar-refractivity contribution is 6.04. The van der Waals surface area contributed by atoms with Gasteiger partial charge in [0.1, 0.15) is 5.82 Å². The monoisotopic (exact) mass is 444 g/mol. The Balaban J connectivity index is 1.39. The van der Waals surface area contributed by atoms with Gasteiger partial charge in [-0.25, -0.2) is 4.39 Å². The Bertz CT molecular complexity index is 1270.